The van der Waals surface area contributed by atoms with Crippen molar-refractivity contribution in [3.8, 4) is 0 Å². The van der Waals surface area contributed by atoms with Gasteiger partial charge in [-0.2, -0.15) is 4.99 Å². The van der Waals surface area contributed by atoms with E-state index in [1.165, 1.54) is 0 Å². The van der Waals surface area contributed by atoms with E-state index in [2.05, 4.69) is 10.3 Å². The van der Waals surface area contributed by atoms with Crippen molar-refractivity contribution in [3.05, 3.63) is 35.4 Å². The highest BCUT2D eigenvalue weighted by Crippen LogP contribution is 2.04. The first-order valence-corrected chi connectivity index (χ1v) is 5.69. The van der Waals surface area contributed by atoms with Crippen LogP contribution in [-0.2, 0) is 11.3 Å². The third kappa shape index (κ3) is 4.65. The number of benzene rings is 1. The molecule has 1 aromatic carbocycles. The van der Waals surface area contributed by atoms with Crippen LogP contribution in [0.15, 0.2) is 29.3 Å². The minimum absolute atomic E-state index is 0.118. The van der Waals surface area contributed by atoms with Gasteiger partial charge in [0, 0.05) is 12.1 Å². The summed E-state index contributed by atoms with van der Waals surface area (Å²) >= 11 is 0. The maximum absolute atomic E-state index is 12.1. The Labute approximate surface area is 114 Å². The largest absolute Gasteiger partial charge is 0.463 e. The van der Waals surface area contributed by atoms with Crippen LogP contribution in [0.25, 0.3) is 0 Å². The summed E-state index contributed by atoms with van der Waals surface area (Å²) in [4.78, 5) is 24.8. The summed E-state index contributed by atoms with van der Waals surface area (Å²) in [6.45, 7) is -0.740. The summed E-state index contributed by atoms with van der Waals surface area (Å²) in [5, 5.41) is 10.9. The van der Waals surface area contributed by atoms with Gasteiger partial charge in [0.2, 0.25) is 5.91 Å². The number of nitrogens with one attached hydrogen (secondary N) is 1. The average Bonchev–Trinajstić information content (AvgIpc) is 2.43. The Balaban J connectivity index is 2.64. The molecule has 6 N–H and O–H groups in total. The Morgan fingerprint density at radius 1 is 1.35 bits per heavy atom. The summed E-state index contributed by atoms with van der Waals surface area (Å²) in [5.74, 6) is -0.698. The fraction of sp³-hybridized carbons (Fsp3) is 0.250. The number of carboxylic acid groups (broad SMARTS) is 1. The lowest BCUT2D eigenvalue weighted by molar-refractivity contribution is -0.122. The van der Waals surface area contributed by atoms with Crippen molar-refractivity contribution in [1.82, 2.24) is 5.32 Å². The van der Waals surface area contributed by atoms with E-state index in [0.717, 1.165) is 5.56 Å². The molecule has 1 atom stereocenters. The van der Waals surface area contributed by atoms with E-state index in [1.807, 2.05) is 0 Å². The maximum atomic E-state index is 12.1. The molecule has 0 bridgehead atoms. The lowest BCUT2D eigenvalue weighted by atomic mass is 10.1. The summed E-state index contributed by atoms with van der Waals surface area (Å²) in [7, 11) is 0. The van der Waals surface area contributed by atoms with E-state index >= 15 is 0 Å². The van der Waals surface area contributed by atoms with Gasteiger partial charge in [-0.05, 0) is 5.56 Å². The maximum Gasteiger partial charge on any atom is 0.433 e. The number of halogens is 1. The Morgan fingerprint density at radius 2 is 1.95 bits per heavy atom. The molecule has 0 saturated heterocycles. The van der Waals surface area contributed by atoms with Crippen molar-refractivity contribution in [1.29, 1.82) is 0 Å². The van der Waals surface area contributed by atoms with Gasteiger partial charge in [0.05, 0.1) is 0 Å². The van der Waals surface area contributed by atoms with E-state index in [-0.39, 0.29) is 12.4 Å². The average molecular weight is 282 g/mol. The van der Waals surface area contributed by atoms with Gasteiger partial charge < -0.3 is 21.9 Å². The third-order valence-electron chi connectivity index (χ3n) is 2.44. The predicted octanol–water partition coefficient (Wildman–Crippen LogP) is -0.0171. The van der Waals surface area contributed by atoms with Crippen molar-refractivity contribution < 1.29 is 19.1 Å². The fourth-order valence-electron chi connectivity index (χ4n) is 1.35. The molecule has 0 aromatic heterocycles. The quantitative estimate of drug-likeness (QED) is 0.445. The molecule has 1 unspecified atom stereocenters. The van der Waals surface area contributed by atoms with Crippen molar-refractivity contribution in [2.75, 3.05) is 6.67 Å². The Bertz CT molecular complexity index is 516. The highest BCUT2D eigenvalue weighted by atomic mass is 19.1. The van der Waals surface area contributed by atoms with Gasteiger partial charge in [-0.1, -0.05) is 24.3 Å². The number of hydrogen-bond acceptors (Lipinski definition) is 3. The van der Waals surface area contributed by atoms with Crippen molar-refractivity contribution in [2.24, 2.45) is 16.5 Å². The molecule has 0 aliphatic heterocycles. The second kappa shape index (κ2) is 7.19. The van der Waals surface area contributed by atoms with Crippen LogP contribution in [0.2, 0.25) is 0 Å². The molecule has 0 fully saturated rings. The van der Waals surface area contributed by atoms with E-state index in [0.29, 0.717) is 5.56 Å². The molecule has 0 saturated carbocycles. The van der Waals surface area contributed by atoms with Crippen molar-refractivity contribution in [3.63, 3.8) is 0 Å². The number of amides is 2. The molecule has 108 valence electrons. The van der Waals surface area contributed by atoms with Crippen LogP contribution in [0.5, 0.6) is 0 Å². The van der Waals surface area contributed by atoms with Crippen LogP contribution in [0, 0.1) is 0 Å². The lowest BCUT2D eigenvalue weighted by Crippen LogP contribution is -2.41. The van der Waals surface area contributed by atoms with Gasteiger partial charge in [0.25, 0.3) is 0 Å². The third-order valence-corrected chi connectivity index (χ3v) is 2.44. The predicted molar refractivity (Wildman–Crippen MR) is 71.0 cm³/mol. The topological polar surface area (TPSA) is 131 Å². The van der Waals surface area contributed by atoms with E-state index in [4.69, 9.17) is 16.6 Å². The molecule has 7 nitrogen and oxygen atoms in total. The van der Waals surface area contributed by atoms with Crippen LogP contribution in [0.3, 0.4) is 0 Å². The highest BCUT2D eigenvalue weighted by Gasteiger charge is 2.11. The van der Waals surface area contributed by atoms with Gasteiger partial charge in [-0.15, -0.1) is 0 Å². The number of aliphatic imine (C=N–C) groups is 1. The SMILES string of the molecule is NC(=NC(=O)O)c1ccc(CNC(=O)C(N)CF)cc1. The van der Waals surface area contributed by atoms with Gasteiger partial charge in [-0.25, -0.2) is 9.18 Å². The van der Waals surface area contributed by atoms with Crippen molar-refractivity contribution >= 4 is 17.8 Å². The molecule has 0 aliphatic rings. The van der Waals surface area contributed by atoms with Crippen molar-refractivity contribution in [2.45, 2.75) is 12.6 Å². The summed E-state index contributed by atoms with van der Waals surface area (Å²) in [6, 6.07) is 5.24. The molecule has 20 heavy (non-hydrogen) atoms. The van der Waals surface area contributed by atoms with Gasteiger partial charge in [0.1, 0.15) is 18.6 Å². The van der Waals surface area contributed by atoms with Gasteiger partial charge in [0.15, 0.2) is 0 Å². The normalized spacial score (nSPS) is 12.8. The molecule has 8 heteroatoms. The molecular formula is C12H15FN4O3. The van der Waals surface area contributed by atoms with Crippen LogP contribution < -0.4 is 16.8 Å². The molecule has 2 amide bonds. The van der Waals surface area contributed by atoms with Crippen LogP contribution in [0.1, 0.15) is 11.1 Å². The first-order chi connectivity index (χ1) is 9.43. The number of nitrogens with zero attached hydrogens (tertiary/aromatic N) is 1. The van der Waals surface area contributed by atoms with Gasteiger partial charge in [-0.3, -0.25) is 4.79 Å². The van der Waals surface area contributed by atoms with Crippen LogP contribution in [-0.4, -0.2) is 35.7 Å². The van der Waals surface area contributed by atoms with E-state index < -0.39 is 24.7 Å². The second-order valence-corrected chi connectivity index (χ2v) is 3.96. The number of rotatable bonds is 5. The van der Waals surface area contributed by atoms with Gasteiger partial charge >= 0.3 is 6.09 Å². The second-order valence-electron chi connectivity index (χ2n) is 3.96. The smallest absolute Gasteiger partial charge is 0.433 e. The standard InChI is InChI=1S/C12H15FN4O3/c13-5-9(14)11(18)16-6-7-1-3-8(4-2-7)10(15)17-12(19)20/h1-4,9H,5-6,14H2,(H2,15,17)(H,16,18)(H,19,20). The number of hydrogen-bond donors (Lipinski definition) is 4. The fourth-order valence-corrected chi connectivity index (χ4v) is 1.35. The first kappa shape index (κ1) is 15.6. The minimum atomic E-state index is -1.38. The van der Waals surface area contributed by atoms with E-state index in [1.54, 1.807) is 24.3 Å². The lowest BCUT2D eigenvalue weighted by Gasteiger charge is -2.09. The number of carbonyl (C=O) groups is 2. The molecule has 0 radical (unpaired) electrons. The number of alkyl halides is 1. The summed E-state index contributed by atoms with van der Waals surface area (Å²) in [6.07, 6.45) is -1.38. The summed E-state index contributed by atoms with van der Waals surface area (Å²) < 4.78 is 12.1. The highest BCUT2D eigenvalue weighted by molar-refractivity contribution is 6.02. The molecule has 0 spiro atoms. The van der Waals surface area contributed by atoms with Crippen LogP contribution in [0.4, 0.5) is 9.18 Å². The number of nitrogens with two attached hydrogens (primary N) is 2. The zero-order valence-electron chi connectivity index (χ0n) is 10.5. The van der Waals surface area contributed by atoms with E-state index in [9.17, 15) is 14.0 Å². The minimum Gasteiger partial charge on any atom is -0.463 e. The first-order valence-electron chi connectivity index (χ1n) is 5.69. The molecule has 1 aromatic rings. The molecular weight excluding hydrogens is 267 g/mol. The number of amidine groups is 1. The zero-order chi connectivity index (χ0) is 15.1. The molecule has 1 rings (SSSR count). The van der Waals surface area contributed by atoms with Crippen LogP contribution >= 0.6 is 0 Å². The Kier molecular flexibility index (Phi) is 5.60. The molecule has 0 heterocycles. The summed E-state index contributed by atoms with van der Waals surface area (Å²) in [5.41, 5.74) is 11.9. The Morgan fingerprint density at radius 3 is 2.45 bits per heavy atom. The number of carbonyl (C=O) groups excluding carboxylic acids is 1. The Hall–Kier alpha value is -2.48. The zero-order valence-corrected chi connectivity index (χ0v) is 10.5. The molecule has 0 aliphatic carbocycles. The monoisotopic (exact) mass is 282 g/mol.